The van der Waals surface area contributed by atoms with E-state index in [0.717, 1.165) is 22.4 Å². The zero-order chi connectivity index (χ0) is 20.1. The predicted octanol–water partition coefficient (Wildman–Crippen LogP) is 5.80. The summed E-state index contributed by atoms with van der Waals surface area (Å²) in [4.78, 5) is 12.8. The molecule has 0 bridgehead atoms. The van der Waals surface area contributed by atoms with Crippen LogP contribution in [-0.4, -0.2) is 13.0 Å². The highest BCUT2D eigenvalue weighted by Crippen LogP contribution is 2.37. The van der Waals surface area contributed by atoms with E-state index < -0.39 is 0 Å². The number of nitrogens with one attached hydrogen (secondary N) is 1. The minimum atomic E-state index is -0.257. The minimum Gasteiger partial charge on any atom is -0.493 e. The van der Waals surface area contributed by atoms with E-state index in [4.69, 9.17) is 21.1 Å². The highest BCUT2D eigenvalue weighted by Gasteiger charge is 2.17. The Morgan fingerprint density at radius 1 is 1.00 bits per heavy atom. The number of aryl methyl sites for hydroxylation is 2. The summed E-state index contributed by atoms with van der Waals surface area (Å²) in [6.45, 7) is 4.26. The summed E-state index contributed by atoms with van der Waals surface area (Å²) in [5, 5.41) is 3.28. The zero-order valence-electron chi connectivity index (χ0n) is 16.1. The normalized spacial score (nSPS) is 10.4. The van der Waals surface area contributed by atoms with Crippen molar-refractivity contribution in [1.82, 2.24) is 0 Å². The summed E-state index contributed by atoms with van der Waals surface area (Å²) in [7, 11) is 1.52. The van der Waals surface area contributed by atoms with E-state index in [2.05, 4.69) is 5.32 Å². The lowest BCUT2D eigenvalue weighted by Crippen LogP contribution is -2.14. The van der Waals surface area contributed by atoms with Gasteiger partial charge in [0.25, 0.3) is 5.91 Å². The Bertz CT molecular complexity index is 966. The number of hydrogen-bond donors (Lipinski definition) is 1. The Kier molecular flexibility index (Phi) is 6.22. The van der Waals surface area contributed by atoms with E-state index in [1.165, 1.54) is 7.11 Å². The molecule has 0 aliphatic rings. The van der Waals surface area contributed by atoms with E-state index in [1.807, 2.05) is 62.4 Å². The van der Waals surface area contributed by atoms with E-state index in [9.17, 15) is 4.79 Å². The molecule has 28 heavy (non-hydrogen) atoms. The van der Waals surface area contributed by atoms with Crippen molar-refractivity contribution in [2.75, 3.05) is 12.4 Å². The predicted molar refractivity (Wildman–Crippen MR) is 113 cm³/mol. The first kappa shape index (κ1) is 19.8. The van der Waals surface area contributed by atoms with Gasteiger partial charge in [-0.25, -0.2) is 0 Å². The first-order valence-electron chi connectivity index (χ1n) is 8.91. The van der Waals surface area contributed by atoms with Crippen LogP contribution in [-0.2, 0) is 6.61 Å². The molecule has 1 N–H and O–H groups in total. The Balaban J connectivity index is 1.83. The summed E-state index contributed by atoms with van der Waals surface area (Å²) in [5.74, 6) is 0.568. The van der Waals surface area contributed by atoms with Crippen LogP contribution >= 0.6 is 11.6 Å². The van der Waals surface area contributed by atoms with Crippen molar-refractivity contribution < 1.29 is 14.3 Å². The van der Waals surface area contributed by atoms with Crippen molar-refractivity contribution in [1.29, 1.82) is 0 Å². The number of halogens is 1. The largest absolute Gasteiger partial charge is 0.493 e. The van der Waals surface area contributed by atoms with Gasteiger partial charge < -0.3 is 14.8 Å². The lowest BCUT2D eigenvalue weighted by atomic mass is 10.1. The number of para-hydroxylation sites is 1. The van der Waals surface area contributed by atoms with Crippen molar-refractivity contribution >= 4 is 23.2 Å². The molecule has 4 nitrogen and oxygen atoms in total. The topological polar surface area (TPSA) is 47.6 Å². The molecule has 0 aliphatic heterocycles. The number of carbonyl (C=O) groups is 1. The molecule has 0 saturated carbocycles. The van der Waals surface area contributed by atoms with Crippen molar-refractivity contribution in [3.05, 3.63) is 87.9 Å². The number of carbonyl (C=O) groups excluding carboxylic acids is 1. The third-order valence-electron chi connectivity index (χ3n) is 4.44. The quantitative estimate of drug-likeness (QED) is 0.574. The molecule has 0 unspecified atom stereocenters. The Morgan fingerprint density at radius 2 is 1.68 bits per heavy atom. The van der Waals surface area contributed by atoms with E-state index in [0.29, 0.717) is 28.7 Å². The third kappa shape index (κ3) is 4.46. The molecule has 0 aromatic heterocycles. The second kappa shape index (κ2) is 8.81. The van der Waals surface area contributed by atoms with Crippen molar-refractivity contribution in [2.24, 2.45) is 0 Å². The van der Waals surface area contributed by atoms with Crippen LogP contribution in [0.2, 0.25) is 5.02 Å². The number of benzene rings is 3. The molecule has 3 aromatic carbocycles. The minimum absolute atomic E-state index is 0.257. The number of amides is 1. The Hall–Kier alpha value is -2.98. The summed E-state index contributed by atoms with van der Waals surface area (Å²) in [6.07, 6.45) is 0. The molecule has 1 amide bonds. The van der Waals surface area contributed by atoms with Crippen LogP contribution in [0, 0.1) is 13.8 Å². The molecule has 0 radical (unpaired) electrons. The average Bonchev–Trinajstić information content (AvgIpc) is 2.70. The molecule has 3 rings (SSSR count). The third-order valence-corrected chi connectivity index (χ3v) is 4.72. The lowest BCUT2D eigenvalue weighted by molar-refractivity contribution is 0.102. The molecule has 0 fully saturated rings. The van der Waals surface area contributed by atoms with E-state index >= 15 is 0 Å². The van der Waals surface area contributed by atoms with Gasteiger partial charge in [0.1, 0.15) is 6.61 Å². The van der Waals surface area contributed by atoms with Crippen LogP contribution in [0.15, 0.2) is 60.7 Å². The first-order chi connectivity index (χ1) is 13.5. The molecular formula is C23H22ClNO3. The molecule has 0 heterocycles. The highest BCUT2D eigenvalue weighted by molar-refractivity contribution is 6.32. The summed E-state index contributed by atoms with van der Waals surface area (Å²) in [6, 6.07) is 18.9. The molecule has 0 atom stereocenters. The molecule has 0 aliphatic carbocycles. The Labute approximate surface area is 170 Å². The highest BCUT2D eigenvalue weighted by atomic mass is 35.5. The molecular weight excluding hydrogens is 374 g/mol. The van der Waals surface area contributed by atoms with Gasteiger partial charge >= 0.3 is 0 Å². The summed E-state index contributed by atoms with van der Waals surface area (Å²) in [5.41, 5.74) is 4.20. The average molecular weight is 396 g/mol. The first-order valence-corrected chi connectivity index (χ1v) is 9.29. The van der Waals surface area contributed by atoms with Gasteiger partial charge in [0.05, 0.1) is 12.1 Å². The van der Waals surface area contributed by atoms with Gasteiger partial charge in [-0.15, -0.1) is 0 Å². The fourth-order valence-corrected chi connectivity index (χ4v) is 3.18. The van der Waals surface area contributed by atoms with Crippen molar-refractivity contribution in [2.45, 2.75) is 20.5 Å². The van der Waals surface area contributed by atoms with Crippen LogP contribution in [0.1, 0.15) is 27.0 Å². The maximum Gasteiger partial charge on any atom is 0.255 e. The standard InChI is InChI=1S/C23H22ClNO3/c1-15-8-7-9-16(2)21(15)25-23(26)18-12-19(24)22(20(13-18)27-3)28-14-17-10-5-4-6-11-17/h4-13H,14H2,1-3H3,(H,25,26). The molecule has 0 saturated heterocycles. The molecule has 3 aromatic rings. The summed E-state index contributed by atoms with van der Waals surface area (Å²) >= 11 is 6.40. The number of hydrogen-bond acceptors (Lipinski definition) is 3. The van der Waals surface area contributed by atoms with Crippen LogP contribution in [0.4, 0.5) is 5.69 Å². The number of ether oxygens (including phenoxy) is 2. The smallest absolute Gasteiger partial charge is 0.255 e. The molecule has 0 spiro atoms. The SMILES string of the molecule is COc1cc(C(=O)Nc2c(C)cccc2C)cc(Cl)c1OCc1ccccc1. The van der Waals surface area contributed by atoms with Crippen LogP contribution in [0.5, 0.6) is 11.5 Å². The Morgan fingerprint density at radius 3 is 2.32 bits per heavy atom. The van der Waals surface area contributed by atoms with Crippen LogP contribution in [0.3, 0.4) is 0 Å². The van der Waals surface area contributed by atoms with Gasteiger partial charge in [-0.1, -0.05) is 60.1 Å². The molecule has 144 valence electrons. The van der Waals surface area contributed by atoms with Gasteiger partial charge in [-0.2, -0.15) is 0 Å². The number of rotatable bonds is 6. The monoisotopic (exact) mass is 395 g/mol. The van der Waals surface area contributed by atoms with Crippen molar-refractivity contribution in [3.8, 4) is 11.5 Å². The number of methoxy groups -OCH3 is 1. The van der Waals surface area contributed by atoms with Gasteiger partial charge in [0, 0.05) is 11.3 Å². The van der Waals surface area contributed by atoms with Crippen LogP contribution < -0.4 is 14.8 Å². The van der Waals surface area contributed by atoms with E-state index in [-0.39, 0.29) is 5.91 Å². The van der Waals surface area contributed by atoms with E-state index in [1.54, 1.807) is 12.1 Å². The maximum atomic E-state index is 12.8. The lowest BCUT2D eigenvalue weighted by Gasteiger charge is -2.15. The fourth-order valence-electron chi connectivity index (χ4n) is 2.92. The second-order valence-electron chi connectivity index (χ2n) is 6.48. The molecule has 5 heteroatoms. The summed E-state index contributed by atoms with van der Waals surface area (Å²) < 4.78 is 11.3. The number of anilines is 1. The van der Waals surface area contributed by atoms with Gasteiger partial charge in [-0.05, 0) is 42.7 Å². The fraction of sp³-hybridized carbons (Fsp3) is 0.174. The van der Waals surface area contributed by atoms with Gasteiger partial charge in [-0.3, -0.25) is 4.79 Å². The zero-order valence-corrected chi connectivity index (χ0v) is 16.8. The van der Waals surface area contributed by atoms with Gasteiger partial charge in [0.15, 0.2) is 11.5 Å². The van der Waals surface area contributed by atoms with Crippen molar-refractivity contribution in [3.63, 3.8) is 0 Å². The maximum absolute atomic E-state index is 12.8. The van der Waals surface area contributed by atoms with Crippen LogP contribution in [0.25, 0.3) is 0 Å². The second-order valence-corrected chi connectivity index (χ2v) is 6.89. The van der Waals surface area contributed by atoms with Gasteiger partial charge in [0.2, 0.25) is 0 Å².